The van der Waals surface area contributed by atoms with Crippen molar-refractivity contribution in [2.45, 2.75) is 58.3 Å². The van der Waals surface area contributed by atoms with Crippen molar-refractivity contribution in [3.05, 3.63) is 60.8 Å². The SMILES string of the molecule is CC/C=C\C/C=C\C/C=C\C/C=C\C/C=C\CCCC(=O)NCCN(CCN1CCOCC1)CC(N)=O. The van der Waals surface area contributed by atoms with Crippen molar-refractivity contribution in [2.75, 3.05) is 59.0 Å². The van der Waals surface area contributed by atoms with E-state index in [4.69, 9.17) is 10.5 Å². The van der Waals surface area contributed by atoms with E-state index < -0.39 is 0 Å². The van der Waals surface area contributed by atoms with Crippen molar-refractivity contribution < 1.29 is 14.3 Å². The summed E-state index contributed by atoms with van der Waals surface area (Å²) in [5.74, 6) is -0.287. The quantitative estimate of drug-likeness (QED) is 0.178. The highest BCUT2D eigenvalue weighted by atomic mass is 16.5. The molecule has 208 valence electrons. The summed E-state index contributed by atoms with van der Waals surface area (Å²) in [4.78, 5) is 27.8. The van der Waals surface area contributed by atoms with Gasteiger partial charge in [0.2, 0.25) is 11.8 Å². The molecule has 0 unspecified atom stereocenters. The first-order valence-electron chi connectivity index (χ1n) is 13.9. The average molecular weight is 515 g/mol. The molecule has 37 heavy (non-hydrogen) atoms. The van der Waals surface area contributed by atoms with Gasteiger partial charge in [-0.3, -0.25) is 19.4 Å². The maximum atomic E-state index is 12.1. The first kappa shape index (κ1) is 32.5. The van der Waals surface area contributed by atoms with Gasteiger partial charge in [0.15, 0.2) is 0 Å². The molecular formula is C30H50N4O3. The van der Waals surface area contributed by atoms with Crippen molar-refractivity contribution >= 4 is 11.8 Å². The molecule has 2 amide bonds. The van der Waals surface area contributed by atoms with Crippen molar-refractivity contribution in [1.29, 1.82) is 0 Å². The summed E-state index contributed by atoms with van der Waals surface area (Å²) in [6, 6.07) is 0. The van der Waals surface area contributed by atoms with Crippen LogP contribution in [0, 0.1) is 0 Å². The standard InChI is InChI=1S/C30H50N4O3/c1-2-3-4-5-6-7-8-9-10-11-12-13-14-15-16-17-18-19-30(36)32-20-21-34(28-29(31)35)23-22-33-24-26-37-27-25-33/h3-4,6-7,9-10,12-13,15-16H,2,5,8,11,14,17-28H2,1H3,(H2,31,35)(H,32,36)/b4-3-,7-6-,10-9-,13-12-,16-15-. The van der Waals surface area contributed by atoms with Gasteiger partial charge in [-0.15, -0.1) is 0 Å². The number of ether oxygens (including phenoxy) is 1. The number of hydrogen-bond acceptors (Lipinski definition) is 5. The van der Waals surface area contributed by atoms with Crippen LogP contribution in [0.5, 0.6) is 0 Å². The van der Waals surface area contributed by atoms with Gasteiger partial charge in [-0.25, -0.2) is 0 Å². The summed E-state index contributed by atoms with van der Waals surface area (Å²) in [6.07, 6.45) is 29.1. The Morgan fingerprint density at radius 3 is 2.00 bits per heavy atom. The number of nitrogens with one attached hydrogen (secondary N) is 1. The van der Waals surface area contributed by atoms with E-state index in [0.29, 0.717) is 19.5 Å². The highest BCUT2D eigenvalue weighted by Crippen LogP contribution is 2.00. The van der Waals surface area contributed by atoms with Crippen LogP contribution in [0.4, 0.5) is 0 Å². The number of carbonyl (C=O) groups is 2. The first-order chi connectivity index (χ1) is 18.1. The van der Waals surface area contributed by atoms with Gasteiger partial charge in [0.1, 0.15) is 0 Å². The fraction of sp³-hybridized carbons (Fsp3) is 0.600. The zero-order chi connectivity index (χ0) is 26.8. The third-order valence-electron chi connectivity index (χ3n) is 5.90. The molecule has 0 aromatic carbocycles. The van der Waals surface area contributed by atoms with E-state index in [1.54, 1.807) is 0 Å². The number of hydrogen-bond donors (Lipinski definition) is 2. The molecule has 0 aromatic heterocycles. The average Bonchev–Trinajstić information content (AvgIpc) is 2.89. The van der Waals surface area contributed by atoms with Gasteiger partial charge < -0.3 is 15.8 Å². The van der Waals surface area contributed by atoms with Crippen molar-refractivity contribution in [3.63, 3.8) is 0 Å². The number of primary amides is 1. The summed E-state index contributed by atoms with van der Waals surface area (Å²) >= 11 is 0. The fourth-order valence-corrected chi connectivity index (χ4v) is 3.79. The van der Waals surface area contributed by atoms with Crippen LogP contribution in [0.25, 0.3) is 0 Å². The molecular weight excluding hydrogens is 464 g/mol. The summed E-state index contributed by atoms with van der Waals surface area (Å²) in [7, 11) is 0. The predicted molar refractivity (Wildman–Crippen MR) is 154 cm³/mol. The molecule has 3 N–H and O–H groups in total. The maximum absolute atomic E-state index is 12.1. The lowest BCUT2D eigenvalue weighted by Gasteiger charge is -2.29. The van der Waals surface area contributed by atoms with Crippen molar-refractivity contribution in [3.8, 4) is 0 Å². The molecule has 0 saturated carbocycles. The molecule has 0 bridgehead atoms. The molecule has 0 spiro atoms. The van der Waals surface area contributed by atoms with Crippen LogP contribution in [0.1, 0.15) is 58.3 Å². The van der Waals surface area contributed by atoms with Gasteiger partial charge >= 0.3 is 0 Å². The highest BCUT2D eigenvalue weighted by Gasteiger charge is 2.14. The number of unbranched alkanes of at least 4 members (excludes halogenated alkanes) is 1. The van der Waals surface area contributed by atoms with Gasteiger partial charge in [-0.1, -0.05) is 67.7 Å². The van der Waals surface area contributed by atoms with Crippen molar-refractivity contribution in [1.82, 2.24) is 15.1 Å². The van der Waals surface area contributed by atoms with Crippen LogP contribution < -0.4 is 11.1 Å². The molecule has 1 fully saturated rings. The number of morpholine rings is 1. The minimum Gasteiger partial charge on any atom is -0.379 e. The Morgan fingerprint density at radius 2 is 1.43 bits per heavy atom. The van der Waals surface area contributed by atoms with E-state index in [2.05, 4.69) is 77.9 Å². The number of allylic oxidation sites excluding steroid dienone is 10. The molecule has 1 aliphatic heterocycles. The summed E-state index contributed by atoms with van der Waals surface area (Å²) < 4.78 is 5.37. The first-order valence-corrected chi connectivity index (χ1v) is 13.9. The molecule has 0 aromatic rings. The lowest BCUT2D eigenvalue weighted by atomic mass is 10.2. The molecule has 7 heteroatoms. The number of nitrogens with zero attached hydrogens (tertiary/aromatic N) is 2. The van der Waals surface area contributed by atoms with E-state index in [1.807, 2.05) is 4.90 Å². The summed E-state index contributed by atoms with van der Waals surface area (Å²) in [6.45, 7) is 8.47. The normalized spacial score (nSPS) is 15.4. The van der Waals surface area contributed by atoms with Crippen LogP contribution in [0.2, 0.25) is 0 Å². The molecule has 1 saturated heterocycles. The minimum absolute atomic E-state index is 0.0551. The van der Waals surface area contributed by atoms with E-state index in [-0.39, 0.29) is 18.4 Å². The molecule has 7 nitrogen and oxygen atoms in total. The Labute approximate surface area is 225 Å². The third kappa shape index (κ3) is 21.3. The molecule has 1 aliphatic rings. The summed E-state index contributed by atoms with van der Waals surface area (Å²) in [5, 5.41) is 2.96. The Balaban J connectivity index is 2.04. The smallest absolute Gasteiger partial charge is 0.231 e. The van der Waals surface area contributed by atoms with Crippen LogP contribution in [-0.4, -0.2) is 80.6 Å². The zero-order valence-corrected chi connectivity index (χ0v) is 23.0. The van der Waals surface area contributed by atoms with Gasteiger partial charge in [0.25, 0.3) is 0 Å². The van der Waals surface area contributed by atoms with Crippen LogP contribution >= 0.6 is 0 Å². The Kier molecular flexibility index (Phi) is 21.0. The second-order valence-electron chi connectivity index (χ2n) is 9.15. The second kappa shape index (κ2) is 23.9. The van der Waals surface area contributed by atoms with Gasteiger partial charge in [-0.2, -0.15) is 0 Å². The molecule has 0 radical (unpaired) electrons. The Morgan fingerprint density at radius 1 is 0.865 bits per heavy atom. The van der Waals surface area contributed by atoms with Gasteiger partial charge in [0.05, 0.1) is 19.8 Å². The van der Waals surface area contributed by atoms with Crippen LogP contribution in [-0.2, 0) is 14.3 Å². The van der Waals surface area contributed by atoms with E-state index in [9.17, 15) is 9.59 Å². The topological polar surface area (TPSA) is 87.9 Å². The number of rotatable bonds is 21. The van der Waals surface area contributed by atoms with E-state index in [0.717, 1.165) is 84.3 Å². The van der Waals surface area contributed by atoms with Gasteiger partial charge in [0, 0.05) is 45.7 Å². The highest BCUT2D eigenvalue weighted by molar-refractivity contribution is 5.76. The van der Waals surface area contributed by atoms with Crippen molar-refractivity contribution in [2.24, 2.45) is 5.73 Å². The zero-order valence-electron chi connectivity index (χ0n) is 23.0. The van der Waals surface area contributed by atoms with Gasteiger partial charge in [-0.05, 0) is 44.9 Å². The Bertz CT molecular complexity index is 737. The lowest BCUT2D eigenvalue weighted by Crippen LogP contribution is -2.45. The molecule has 0 atom stereocenters. The van der Waals surface area contributed by atoms with Crippen LogP contribution in [0.3, 0.4) is 0 Å². The number of amides is 2. The number of carbonyl (C=O) groups excluding carboxylic acids is 2. The third-order valence-corrected chi connectivity index (χ3v) is 5.90. The lowest BCUT2D eigenvalue weighted by molar-refractivity contribution is -0.121. The minimum atomic E-state index is -0.342. The Hall–Kier alpha value is -2.48. The molecule has 0 aliphatic carbocycles. The monoisotopic (exact) mass is 514 g/mol. The predicted octanol–water partition coefficient (Wildman–Crippen LogP) is 4.14. The molecule has 1 rings (SSSR count). The maximum Gasteiger partial charge on any atom is 0.231 e. The second-order valence-corrected chi connectivity index (χ2v) is 9.15. The fourth-order valence-electron chi connectivity index (χ4n) is 3.79. The molecule has 1 heterocycles. The largest absolute Gasteiger partial charge is 0.379 e. The van der Waals surface area contributed by atoms with E-state index >= 15 is 0 Å². The summed E-state index contributed by atoms with van der Waals surface area (Å²) in [5.41, 5.74) is 5.39. The van der Waals surface area contributed by atoms with E-state index in [1.165, 1.54) is 0 Å². The number of nitrogens with two attached hydrogens (primary N) is 1. The van der Waals surface area contributed by atoms with Crippen LogP contribution in [0.15, 0.2) is 60.8 Å².